The minimum Gasteiger partial charge on any atom is -0.496 e. The highest BCUT2D eigenvalue weighted by atomic mass is 16.5. The summed E-state index contributed by atoms with van der Waals surface area (Å²) in [5.41, 5.74) is 3.29. The number of para-hydroxylation sites is 1. The van der Waals surface area contributed by atoms with E-state index in [0.717, 1.165) is 5.56 Å². The molecular formula is C27H25N3O4. The van der Waals surface area contributed by atoms with Gasteiger partial charge in [-0.05, 0) is 42.3 Å². The number of ether oxygens (including phenoxy) is 1. The zero-order valence-electron chi connectivity index (χ0n) is 19.0. The molecule has 3 aromatic rings. The number of benzene rings is 3. The number of anilines is 2. The third-order valence-electron chi connectivity index (χ3n) is 5.49. The molecular weight excluding hydrogens is 430 g/mol. The van der Waals surface area contributed by atoms with Crippen molar-refractivity contribution in [2.45, 2.75) is 13.3 Å². The van der Waals surface area contributed by atoms with Crippen LogP contribution in [0.25, 0.3) is 5.57 Å². The third-order valence-corrected chi connectivity index (χ3v) is 5.49. The van der Waals surface area contributed by atoms with E-state index in [9.17, 15) is 14.4 Å². The molecule has 0 radical (unpaired) electrons. The summed E-state index contributed by atoms with van der Waals surface area (Å²) in [4.78, 5) is 39.5. The number of methoxy groups -OCH3 is 1. The molecule has 3 amide bonds. The Kier molecular flexibility index (Phi) is 6.73. The molecule has 1 aliphatic rings. The van der Waals surface area contributed by atoms with Gasteiger partial charge < -0.3 is 15.4 Å². The van der Waals surface area contributed by atoms with E-state index in [2.05, 4.69) is 10.6 Å². The number of nitrogens with one attached hydrogen (secondary N) is 2. The number of hydrogen-bond donors (Lipinski definition) is 2. The molecule has 0 aromatic heterocycles. The molecule has 7 heteroatoms. The zero-order chi connectivity index (χ0) is 24.1. The van der Waals surface area contributed by atoms with E-state index in [1.165, 1.54) is 18.9 Å². The van der Waals surface area contributed by atoms with Crippen molar-refractivity contribution in [3.63, 3.8) is 0 Å². The Morgan fingerprint density at radius 3 is 2.18 bits per heavy atom. The van der Waals surface area contributed by atoms with Gasteiger partial charge in [-0.15, -0.1) is 0 Å². The normalized spacial score (nSPS) is 13.3. The smallest absolute Gasteiger partial charge is 0.278 e. The standard InChI is InChI=1S/C27H25N3O4/c1-18(31)28-20-12-14-21(15-13-20)29-25-24(22-10-6-7-11-23(22)34-2)26(32)30(27(25)33)17-16-19-8-4-3-5-9-19/h3-15,29H,16-17H2,1-2H3,(H,28,31). The van der Waals surface area contributed by atoms with Gasteiger partial charge in [0.25, 0.3) is 11.8 Å². The monoisotopic (exact) mass is 455 g/mol. The van der Waals surface area contributed by atoms with Crippen molar-refractivity contribution in [3.8, 4) is 5.75 Å². The van der Waals surface area contributed by atoms with Crippen LogP contribution in [-0.2, 0) is 20.8 Å². The second kappa shape index (κ2) is 10.0. The molecule has 0 spiro atoms. The minimum absolute atomic E-state index is 0.174. The summed E-state index contributed by atoms with van der Waals surface area (Å²) in [5, 5.41) is 5.83. The van der Waals surface area contributed by atoms with Crippen molar-refractivity contribution in [3.05, 3.63) is 95.7 Å². The largest absolute Gasteiger partial charge is 0.496 e. The van der Waals surface area contributed by atoms with Crippen molar-refractivity contribution in [2.75, 3.05) is 24.3 Å². The minimum atomic E-state index is -0.396. The van der Waals surface area contributed by atoms with Crippen molar-refractivity contribution in [1.29, 1.82) is 0 Å². The number of nitrogens with zero attached hydrogens (tertiary/aromatic N) is 1. The zero-order valence-corrected chi connectivity index (χ0v) is 19.0. The van der Waals surface area contributed by atoms with Gasteiger partial charge in [-0.25, -0.2) is 0 Å². The van der Waals surface area contributed by atoms with Crippen molar-refractivity contribution in [1.82, 2.24) is 4.90 Å². The third kappa shape index (κ3) is 4.83. The predicted molar refractivity (Wildman–Crippen MR) is 131 cm³/mol. The summed E-state index contributed by atoms with van der Waals surface area (Å²) < 4.78 is 5.47. The van der Waals surface area contributed by atoms with Crippen LogP contribution in [0.2, 0.25) is 0 Å². The lowest BCUT2D eigenvalue weighted by Gasteiger charge is -2.15. The predicted octanol–water partition coefficient (Wildman–Crippen LogP) is 4.09. The molecule has 1 aliphatic heterocycles. The summed E-state index contributed by atoms with van der Waals surface area (Å²) >= 11 is 0. The molecule has 1 heterocycles. The van der Waals surface area contributed by atoms with Gasteiger partial charge >= 0.3 is 0 Å². The van der Waals surface area contributed by atoms with Crippen LogP contribution in [0.4, 0.5) is 11.4 Å². The Bertz CT molecular complexity index is 1250. The lowest BCUT2D eigenvalue weighted by Crippen LogP contribution is -2.34. The van der Waals surface area contributed by atoms with Crippen LogP contribution in [0.3, 0.4) is 0 Å². The summed E-state index contributed by atoms with van der Waals surface area (Å²) in [5.74, 6) is -0.438. The average Bonchev–Trinajstić information content (AvgIpc) is 3.07. The van der Waals surface area contributed by atoms with Crippen LogP contribution < -0.4 is 15.4 Å². The van der Waals surface area contributed by atoms with Gasteiger partial charge in [0, 0.05) is 30.4 Å². The quantitative estimate of drug-likeness (QED) is 0.500. The maximum atomic E-state index is 13.5. The van der Waals surface area contributed by atoms with Crippen LogP contribution in [0.15, 0.2) is 84.6 Å². The van der Waals surface area contributed by atoms with Gasteiger partial charge in [0.15, 0.2) is 0 Å². The second-order valence-corrected chi connectivity index (χ2v) is 7.83. The Morgan fingerprint density at radius 2 is 1.50 bits per heavy atom. The number of carbonyl (C=O) groups excluding carboxylic acids is 3. The van der Waals surface area contributed by atoms with E-state index < -0.39 is 5.91 Å². The Labute approximate surface area is 198 Å². The molecule has 0 bridgehead atoms. The van der Waals surface area contributed by atoms with Crippen LogP contribution in [-0.4, -0.2) is 36.3 Å². The van der Waals surface area contributed by atoms with E-state index in [4.69, 9.17) is 4.74 Å². The molecule has 0 fully saturated rings. The molecule has 0 saturated heterocycles. The average molecular weight is 456 g/mol. The fraction of sp³-hybridized carbons (Fsp3) is 0.148. The first kappa shape index (κ1) is 22.8. The molecule has 0 atom stereocenters. The molecule has 3 aromatic carbocycles. The maximum absolute atomic E-state index is 13.5. The first-order chi connectivity index (χ1) is 16.5. The van der Waals surface area contributed by atoms with E-state index in [-0.39, 0.29) is 29.6 Å². The summed E-state index contributed by atoms with van der Waals surface area (Å²) in [6.45, 7) is 1.69. The molecule has 0 saturated carbocycles. The van der Waals surface area contributed by atoms with Crippen LogP contribution in [0, 0.1) is 0 Å². The molecule has 0 unspecified atom stereocenters. The van der Waals surface area contributed by atoms with E-state index in [0.29, 0.717) is 29.1 Å². The van der Waals surface area contributed by atoms with Crippen LogP contribution >= 0.6 is 0 Å². The fourth-order valence-electron chi connectivity index (χ4n) is 3.87. The van der Waals surface area contributed by atoms with Gasteiger partial charge in [0.2, 0.25) is 5.91 Å². The number of hydrogen-bond acceptors (Lipinski definition) is 5. The molecule has 2 N–H and O–H groups in total. The van der Waals surface area contributed by atoms with Gasteiger partial charge in [-0.3, -0.25) is 19.3 Å². The second-order valence-electron chi connectivity index (χ2n) is 7.83. The number of rotatable bonds is 8. The van der Waals surface area contributed by atoms with Gasteiger partial charge in [0.1, 0.15) is 11.4 Å². The lowest BCUT2D eigenvalue weighted by molar-refractivity contribution is -0.136. The highest BCUT2D eigenvalue weighted by Crippen LogP contribution is 2.35. The topological polar surface area (TPSA) is 87.7 Å². The highest BCUT2D eigenvalue weighted by Gasteiger charge is 2.40. The van der Waals surface area contributed by atoms with Gasteiger partial charge in [0.05, 0.1) is 12.7 Å². The maximum Gasteiger partial charge on any atom is 0.278 e. The molecule has 0 aliphatic carbocycles. The fourth-order valence-corrected chi connectivity index (χ4v) is 3.87. The SMILES string of the molecule is COc1ccccc1C1=C(Nc2ccc(NC(C)=O)cc2)C(=O)N(CCc2ccccc2)C1=O. The Morgan fingerprint density at radius 1 is 0.853 bits per heavy atom. The number of imide groups is 1. The molecule has 172 valence electrons. The molecule has 7 nitrogen and oxygen atoms in total. The molecule has 4 rings (SSSR count). The number of amides is 3. The van der Waals surface area contributed by atoms with Crippen molar-refractivity contribution >= 4 is 34.7 Å². The summed E-state index contributed by atoms with van der Waals surface area (Å²) in [6.07, 6.45) is 0.552. The van der Waals surface area contributed by atoms with Crippen LogP contribution in [0.1, 0.15) is 18.1 Å². The lowest BCUT2D eigenvalue weighted by atomic mass is 10.0. The van der Waals surface area contributed by atoms with Crippen LogP contribution in [0.5, 0.6) is 5.75 Å². The molecule has 34 heavy (non-hydrogen) atoms. The highest BCUT2D eigenvalue weighted by molar-refractivity contribution is 6.37. The Hall–Kier alpha value is -4.39. The van der Waals surface area contributed by atoms with E-state index >= 15 is 0 Å². The number of carbonyl (C=O) groups is 3. The first-order valence-corrected chi connectivity index (χ1v) is 10.9. The van der Waals surface area contributed by atoms with E-state index in [1.807, 2.05) is 36.4 Å². The summed E-state index contributed by atoms with van der Waals surface area (Å²) in [7, 11) is 1.53. The van der Waals surface area contributed by atoms with Gasteiger partial charge in [-0.2, -0.15) is 0 Å². The van der Waals surface area contributed by atoms with E-state index in [1.54, 1.807) is 42.5 Å². The van der Waals surface area contributed by atoms with Gasteiger partial charge in [-0.1, -0.05) is 48.5 Å². The van der Waals surface area contributed by atoms with Crippen molar-refractivity contribution in [2.24, 2.45) is 0 Å². The summed E-state index contributed by atoms with van der Waals surface area (Å²) in [6, 6.07) is 23.8. The Balaban J connectivity index is 1.67. The van der Waals surface area contributed by atoms with Crippen molar-refractivity contribution < 1.29 is 19.1 Å². The first-order valence-electron chi connectivity index (χ1n) is 10.9.